The molecule has 9 nitrogen and oxygen atoms in total. The van der Waals surface area contributed by atoms with Crippen LogP contribution in [0.5, 0.6) is 5.75 Å². The van der Waals surface area contributed by atoms with Gasteiger partial charge in [0.15, 0.2) is 5.69 Å². The molecule has 2 fully saturated rings. The predicted octanol–water partition coefficient (Wildman–Crippen LogP) is 2.36. The van der Waals surface area contributed by atoms with E-state index in [9.17, 15) is 22.8 Å². The number of halogens is 3. The van der Waals surface area contributed by atoms with Gasteiger partial charge in [0.1, 0.15) is 11.9 Å². The SMILES string of the molecule is CN1CCC(n2cc(C(=O)NCC(=O)N3CCC(Oc4ccc(C(F)(F)F)cc4)CC3)nn2)CC1. The number of carbonyl (C=O) groups is 2. The van der Waals surface area contributed by atoms with E-state index < -0.39 is 17.6 Å². The number of nitrogens with one attached hydrogen (secondary N) is 1. The molecule has 1 aromatic heterocycles. The van der Waals surface area contributed by atoms with E-state index in [1.54, 1.807) is 15.8 Å². The monoisotopic (exact) mass is 494 g/mol. The first-order chi connectivity index (χ1) is 16.7. The third-order valence-electron chi connectivity index (χ3n) is 6.48. The van der Waals surface area contributed by atoms with Crippen LogP contribution in [-0.2, 0) is 11.0 Å². The minimum absolute atomic E-state index is 0.148. The fourth-order valence-electron chi connectivity index (χ4n) is 4.31. The van der Waals surface area contributed by atoms with Gasteiger partial charge in [-0.15, -0.1) is 5.10 Å². The lowest BCUT2D eigenvalue weighted by Gasteiger charge is -2.32. The first kappa shape index (κ1) is 25.0. The highest BCUT2D eigenvalue weighted by atomic mass is 19.4. The maximum Gasteiger partial charge on any atom is 0.416 e. The lowest BCUT2D eigenvalue weighted by Crippen LogP contribution is -2.46. The first-order valence-corrected chi connectivity index (χ1v) is 11.7. The number of aromatic nitrogens is 3. The minimum Gasteiger partial charge on any atom is -0.490 e. The van der Waals surface area contributed by atoms with Crippen LogP contribution >= 0.6 is 0 Å². The van der Waals surface area contributed by atoms with Crippen molar-refractivity contribution in [1.82, 2.24) is 30.1 Å². The van der Waals surface area contributed by atoms with Gasteiger partial charge in [0.25, 0.3) is 5.91 Å². The molecule has 2 saturated heterocycles. The average Bonchev–Trinajstić information content (AvgIpc) is 3.33. The fraction of sp³-hybridized carbons (Fsp3) is 0.565. The molecule has 35 heavy (non-hydrogen) atoms. The van der Waals surface area contributed by atoms with E-state index in [1.807, 2.05) is 0 Å². The van der Waals surface area contributed by atoms with E-state index in [4.69, 9.17) is 4.74 Å². The van der Waals surface area contributed by atoms with Gasteiger partial charge in [-0.1, -0.05) is 5.21 Å². The molecule has 2 amide bonds. The smallest absolute Gasteiger partial charge is 0.416 e. The molecule has 1 N–H and O–H groups in total. The van der Waals surface area contributed by atoms with Gasteiger partial charge in [-0.25, -0.2) is 4.68 Å². The van der Waals surface area contributed by atoms with E-state index in [2.05, 4.69) is 27.6 Å². The molecule has 4 rings (SSSR count). The number of ether oxygens (including phenoxy) is 1. The highest BCUT2D eigenvalue weighted by Crippen LogP contribution is 2.31. The van der Waals surface area contributed by atoms with Crippen LogP contribution in [0.1, 0.15) is 47.8 Å². The molecule has 12 heteroatoms. The first-order valence-electron chi connectivity index (χ1n) is 11.7. The number of rotatable bonds is 6. The van der Waals surface area contributed by atoms with Gasteiger partial charge in [0, 0.05) is 25.9 Å². The zero-order valence-electron chi connectivity index (χ0n) is 19.5. The summed E-state index contributed by atoms with van der Waals surface area (Å²) in [7, 11) is 2.07. The zero-order chi connectivity index (χ0) is 25.0. The normalized spacial score (nSPS) is 18.5. The van der Waals surface area contributed by atoms with Crippen molar-refractivity contribution in [2.45, 2.75) is 44.0 Å². The summed E-state index contributed by atoms with van der Waals surface area (Å²) in [6.45, 7) is 2.65. The van der Waals surface area contributed by atoms with Crippen molar-refractivity contribution in [3.8, 4) is 5.75 Å². The molecule has 0 atom stereocenters. The van der Waals surface area contributed by atoms with Gasteiger partial charge < -0.3 is 19.9 Å². The topological polar surface area (TPSA) is 92.6 Å². The Hall–Kier alpha value is -3.15. The van der Waals surface area contributed by atoms with Gasteiger partial charge in [-0.2, -0.15) is 13.2 Å². The van der Waals surface area contributed by atoms with E-state index in [0.29, 0.717) is 31.7 Å². The molecule has 0 radical (unpaired) electrons. The number of nitrogens with zero attached hydrogens (tertiary/aromatic N) is 5. The molecule has 2 aliphatic rings. The summed E-state index contributed by atoms with van der Waals surface area (Å²) >= 11 is 0. The van der Waals surface area contributed by atoms with Crippen molar-refractivity contribution in [1.29, 1.82) is 0 Å². The second-order valence-corrected chi connectivity index (χ2v) is 9.02. The van der Waals surface area contributed by atoms with Crippen LogP contribution in [0.4, 0.5) is 13.2 Å². The number of likely N-dealkylation sites (tertiary alicyclic amines) is 2. The number of amides is 2. The van der Waals surface area contributed by atoms with Crippen LogP contribution in [0, 0.1) is 0 Å². The lowest BCUT2D eigenvalue weighted by atomic mass is 10.1. The number of benzene rings is 1. The summed E-state index contributed by atoms with van der Waals surface area (Å²) in [6, 6.07) is 4.80. The van der Waals surface area contributed by atoms with Crippen LogP contribution in [0.3, 0.4) is 0 Å². The molecular weight excluding hydrogens is 465 g/mol. The van der Waals surface area contributed by atoms with Crippen molar-refractivity contribution in [3.63, 3.8) is 0 Å². The van der Waals surface area contributed by atoms with Crippen molar-refractivity contribution < 1.29 is 27.5 Å². The van der Waals surface area contributed by atoms with E-state index in [0.717, 1.165) is 38.1 Å². The van der Waals surface area contributed by atoms with Gasteiger partial charge >= 0.3 is 6.18 Å². The number of hydrogen-bond acceptors (Lipinski definition) is 6. The minimum atomic E-state index is -4.39. The molecule has 2 aromatic rings. The largest absolute Gasteiger partial charge is 0.490 e. The zero-order valence-corrected chi connectivity index (χ0v) is 19.5. The van der Waals surface area contributed by atoms with Crippen molar-refractivity contribution in [2.24, 2.45) is 0 Å². The highest BCUT2D eigenvalue weighted by Gasteiger charge is 2.30. The standard InChI is InChI=1S/C23H29F3N6O3/c1-30-10-6-17(7-11-30)32-15-20(28-29-32)22(34)27-14-21(33)31-12-8-19(9-13-31)35-18-4-2-16(3-5-18)23(24,25)26/h2-5,15,17,19H,6-14H2,1H3,(H,27,34). The van der Waals surface area contributed by atoms with Crippen molar-refractivity contribution >= 4 is 11.8 Å². The van der Waals surface area contributed by atoms with Gasteiger partial charge in [0.2, 0.25) is 5.91 Å². The number of hydrogen-bond donors (Lipinski definition) is 1. The Labute approximate surface area is 201 Å². The van der Waals surface area contributed by atoms with Crippen LogP contribution in [-0.4, -0.2) is 82.5 Å². The maximum atomic E-state index is 12.7. The molecule has 0 saturated carbocycles. The second kappa shape index (κ2) is 10.6. The van der Waals surface area contributed by atoms with Crippen LogP contribution in [0.25, 0.3) is 0 Å². The summed E-state index contributed by atoms with van der Waals surface area (Å²) < 4.78 is 45.5. The fourth-order valence-corrected chi connectivity index (χ4v) is 4.31. The Bertz CT molecular complexity index is 1010. The molecule has 2 aliphatic heterocycles. The molecular formula is C23H29F3N6O3. The van der Waals surface area contributed by atoms with Crippen molar-refractivity contribution in [3.05, 3.63) is 41.7 Å². The van der Waals surface area contributed by atoms with E-state index >= 15 is 0 Å². The van der Waals surface area contributed by atoms with Crippen LogP contribution < -0.4 is 10.1 Å². The van der Waals surface area contributed by atoms with Gasteiger partial charge in [0.05, 0.1) is 24.3 Å². The predicted molar refractivity (Wildman–Crippen MR) is 120 cm³/mol. The van der Waals surface area contributed by atoms with Crippen LogP contribution in [0.15, 0.2) is 30.5 Å². The Morgan fingerprint density at radius 1 is 1.06 bits per heavy atom. The maximum absolute atomic E-state index is 12.7. The van der Waals surface area contributed by atoms with Crippen LogP contribution in [0.2, 0.25) is 0 Å². The summed E-state index contributed by atoms with van der Waals surface area (Å²) in [5, 5.41) is 10.6. The molecule has 0 aliphatic carbocycles. The molecule has 3 heterocycles. The molecule has 1 aromatic carbocycles. The summed E-state index contributed by atoms with van der Waals surface area (Å²) in [5.41, 5.74) is -0.544. The number of carbonyl (C=O) groups excluding carboxylic acids is 2. The second-order valence-electron chi connectivity index (χ2n) is 9.02. The lowest BCUT2D eigenvalue weighted by molar-refractivity contribution is -0.137. The van der Waals surface area contributed by atoms with E-state index in [1.165, 1.54) is 12.1 Å². The molecule has 0 spiro atoms. The molecule has 190 valence electrons. The van der Waals surface area contributed by atoms with E-state index in [-0.39, 0.29) is 30.3 Å². The van der Waals surface area contributed by atoms with Crippen molar-refractivity contribution in [2.75, 3.05) is 39.8 Å². The Morgan fingerprint density at radius 2 is 1.71 bits per heavy atom. The van der Waals surface area contributed by atoms with Gasteiger partial charge in [-0.3, -0.25) is 9.59 Å². The third kappa shape index (κ3) is 6.50. The highest BCUT2D eigenvalue weighted by molar-refractivity contribution is 5.94. The summed E-state index contributed by atoms with van der Waals surface area (Å²) in [6.07, 6.45) is 0.0237. The summed E-state index contributed by atoms with van der Waals surface area (Å²) in [5.74, 6) is -0.296. The Balaban J connectivity index is 1.19. The molecule has 0 bridgehead atoms. The quantitative estimate of drug-likeness (QED) is 0.663. The molecule has 0 unspecified atom stereocenters. The number of piperidine rings is 2. The third-order valence-corrected chi connectivity index (χ3v) is 6.48. The Kier molecular flexibility index (Phi) is 7.58. The van der Waals surface area contributed by atoms with Gasteiger partial charge in [-0.05, 0) is 57.2 Å². The number of alkyl halides is 3. The summed E-state index contributed by atoms with van der Waals surface area (Å²) in [4.78, 5) is 28.8. The average molecular weight is 495 g/mol. The Morgan fingerprint density at radius 3 is 2.34 bits per heavy atom.